The molecular weight excluding hydrogens is 460 g/mol. The number of aromatic nitrogens is 3. The minimum Gasteiger partial charge on any atom is -0.462 e. The number of amides is 1. The minimum atomic E-state index is -0.563. The molecule has 3 heterocycles. The molecule has 1 aromatic carbocycles. The average molecular weight is 493 g/mol. The van der Waals surface area contributed by atoms with E-state index in [0.29, 0.717) is 37.4 Å². The van der Waals surface area contributed by atoms with Crippen molar-refractivity contribution in [3.05, 3.63) is 87.6 Å². The fourth-order valence-electron chi connectivity index (χ4n) is 4.04. The summed E-state index contributed by atoms with van der Waals surface area (Å²) >= 11 is 0. The van der Waals surface area contributed by atoms with Crippen LogP contribution in [0.4, 0.5) is 4.79 Å². The molecule has 4 rings (SSSR count). The molecule has 1 aliphatic heterocycles. The van der Waals surface area contributed by atoms with Gasteiger partial charge in [-0.3, -0.25) is 9.48 Å². The van der Waals surface area contributed by atoms with E-state index in [-0.39, 0.29) is 24.2 Å². The summed E-state index contributed by atoms with van der Waals surface area (Å²) < 4.78 is 14.1. The smallest absolute Gasteiger partial charge is 0.410 e. The van der Waals surface area contributed by atoms with Gasteiger partial charge in [0.2, 0.25) is 0 Å². The standard InChI is InChI=1S/C27H32N4O5/c1-5-35-25(33)22-18-31(28-24(22)21-16-30(17-21)26(34)36-27(2,3)4)15-20-11-9-19(10-12-20)14-29-13-7-6-8-23(29)32/h6-13,18,21H,5,14-17H2,1-4H3. The zero-order valence-corrected chi connectivity index (χ0v) is 21.1. The summed E-state index contributed by atoms with van der Waals surface area (Å²) in [5.41, 5.74) is 2.47. The van der Waals surface area contributed by atoms with Crippen molar-refractivity contribution in [2.45, 2.75) is 52.3 Å². The summed E-state index contributed by atoms with van der Waals surface area (Å²) in [6.45, 7) is 9.36. The molecule has 0 radical (unpaired) electrons. The molecule has 0 unspecified atom stereocenters. The highest BCUT2D eigenvalue weighted by atomic mass is 16.6. The first-order chi connectivity index (χ1) is 17.1. The summed E-state index contributed by atoms with van der Waals surface area (Å²) in [6, 6.07) is 13.0. The van der Waals surface area contributed by atoms with Crippen molar-refractivity contribution in [1.29, 1.82) is 0 Å². The molecule has 0 spiro atoms. The van der Waals surface area contributed by atoms with Crippen LogP contribution in [-0.4, -0.2) is 56.6 Å². The third-order valence-electron chi connectivity index (χ3n) is 5.83. The van der Waals surface area contributed by atoms with Crippen LogP contribution in [0, 0.1) is 0 Å². The highest BCUT2D eigenvalue weighted by Crippen LogP contribution is 2.30. The second-order valence-electron chi connectivity index (χ2n) is 9.91. The highest BCUT2D eigenvalue weighted by Gasteiger charge is 2.38. The zero-order valence-electron chi connectivity index (χ0n) is 21.1. The molecule has 0 aliphatic carbocycles. The maximum atomic E-state index is 12.6. The summed E-state index contributed by atoms with van der Waals surface area (Å²) in [5.74, 6) is -0.483. The first kappa shape index (κ1) is 25.2. The molecule has 1 amide bonds. The molecule has 190 valence electrons. The highest BCUT2D eigenvalue weighted by molar-refractivity contribution is 5.90. The predicted molar refractivity (Wildman–Crippen MR) is 134 cm³/mol. The molecule has 9 heteroatoms. The molecule has 0 atom stereocenters. The van der Waals surface area contributed by atoms with Crippen LogP contribution in [0.2, 0.25) is 0 Å². The fourth-order valence-corrected chi connectivity index (χ4v) is 4.04. The van der Waals surface area contributed by atoms with Gasteiger partial charge in [0.05, 0.1) is 25.4 Å². The molecule has 0 N–H and O–H groups in total. The Labute approximate surface area is 210 Å². The topological polar surface area (TPSA) is 95.7 Å². The van der Waals surface area contributed by atoms with Crippen LogP contribution in [0.25, 0.3) is 0 Å². The van der Waals surface area contributed by atoms with Crippen LogP contribution < -0.4 is 5.56 Å². The Hall–Kier alpha value is -3.88. The first-order valence-electron chi connectivity index (χ1n) is 12.1. The van der Waals surface area contributed by atoms with Gasteiger partial charge in [-0.05, 0) is 44.9 Å². The number of benzene rings is 1. The molecule has 0 saturated carbocycles. The van der Waals surface area contributed by atoms with E-state index < -0.39 is 11.6 Å². The van der Waals surface area contributed by atoms with E-state index in [1.807, 2.05) is 51.1 Å². The van der Waals surface area contributed by atoms with Crippen LogP contribution in [0.3, 0.4) is 0 Å². The van der Waals surface area contributed by atoms with Gasteiger partial charge >= 0.3 is 12.1 Å². The molecule has 1 aliphatic rings. The molecule has 1 saturated heterocycles. The van der Waals surface area contributed by atoms with Crippen LogP contribution in [0.15, 0.2) is 59.7 Å². The van der Waals surface area contributed by atoms with Gasteiger partial charge in [0.1, 0.15) is 11.2 Å². The second-order valence-corrected chi connectivity index (χ2v) is 9.91. The maximum absolute atomic E-state index is 12.6. The van der Waals surface area contributed by atoms with Crippen molar-refractivity contribution in [2.24, 2.45) is 0 Å². The van der Waals surface area contributed by atoms with E-state index in [2.05, 4.69) is 0 Å². The van der Waals surface area contributed by atoms with Gasteiger partial charge < -0.3 is 18.9 Å². The third-order valence-corrected chi connectivity index (χ3v) is 5.83. The molecule has 2 aromatic heterocycles. The van der Waals surface area contributed by atoms with Crippen molar-refractivity contribution in [1.82, 2.24) is 19.2 Å². The van der Waals surface area contributed by atoms with Gasteiger partial charge in [-0.1, -0.05) is 30.3 Å². The Kier molecular flexibility index (Phi) is 7.28. The van der Waals surface area contributed by atoms with Crippen molar-refractivity contribution < 1.29 is 19.1 Å². The lowest BCUT2D eigenvalue weighted by Gasteiger charge is -2.39. The molecule has 3 aromatic rings. The molecule has 9 nitrogen and oxygen atoms in total. The fraction of sp³-hybridized carbons (Fsp3) is 0.407. The van der Waals surface area contributed by atoms with Crippen LogP contribution in [-0.2, 0) is 22.6 Å². The number of rotatable bonds is 7. The van der Waals surface area contributed by atoms with E-state index in [1.54, 1.807) is 45.6 Å². The van der Waals surface area contributed by atoms with Crippen molar-refractivity contribution >= 4 is 12.1 Å². The lowest BCUT2D eigenvalue weighted by atomic mass is 9.94. The van der Waals surface area contributed by atoms with E-state index >= 15 is 0 Å². The minimum absolute atomic E-state index is 0.0432. The monoisotopic (exact) mass is 492 g/mol. The summed E-state index contributed by atoms with van der Waals surface area (Å²) in [7, 11) is 0. The number of carbonyl (C=O) groups is 2. The second kappa shape index (κ2) is 10.4. The molecule has 1 fully saturated rings. The average Bonchev–Trinajstić information content (AvgIpc) is 3.18. The van der Waals surface area contributed by atoms with Crippen molar-refractivity contribution in [2.75, 3.05) is 19.7 Å². The van der Waals surface area contributed by atoms with Gasteiger partial charge in [-0.15, -0.1) is 0 Å². The maximum Gasteiger partial charge on any atom is 0.410 e. The van der Waals surface area contributed by atoms with E-state index in [1.165, 1.54) is 0 Å². The summed E-state index contributed by atoms with van der Waals surface area (Å²) in [5, 5.41) is 4.69. The zero-order chi connectivity index (χ0) is 25.9. The number of esters is 1. The van der Waals surface area contributed by atoms with E-state index in [9.17, 15) is 14.4 Å². The Balaban J connectivity index is 1.46. The largest absolute Gasteiger partial charge is 0.462 e. The van der Waals surface area contributed by atoms with Gasteiger partial charge in [-0.25, -0.2) is 9.59 Å². The predicted octanol–water partition coefficient (Wildman–Crippen LogP) is 3.65. The van der Waals surface area contributed by atoms with Crippen LogP contribution in [0.1, 0.15) is 60.8 Å². The number of hydrogen-bond donors (Lipinski definition) is 0. The Morgan fingerprint density at radius 1 is 1.03 bits per heavy atom. The number of pyridine rings is 1. The molecule has 0 bridgehead atoms. The van der Waals surface area contributed by atoms with Gasteiger partial charge in [0.15, 0.2) is 0 Å². The normalized spacial score (nSPS) is 13.8. The van der Waals surface area contributed by atoms with E-state index in [0.717, 1.165) is 11.1 Å². The summed E-state index contributed by atoms with van der Waals surface area (Å²) in [4.78, 5) is 38.5. The number of ether oxygens (including phenoxy) is 2. The van der Waals surface area contributed by atoms with Crippen LogP contribution >= 0.6 is 0 Å². The first-order valence-corrected chi connectivity index (χ1v) is 12.1. The third kappa shape index (κ3) is 6.02. The lowest BCUT2D eigenvalue weighted by molar-refractivity contribution is 0.00775. The van der Waals surface area contributed by atoms with Gasteiger partial charge in [0.25, 0.3) is 5.56 Å². The number of hydrogen-bond acceptors (Lipinski definition) is 6. The Morgan fingerprint density at radius 2 is 1.69 bits per heavy atom. The Morgan fingerprint density at radius 3 is 2.31 bits per heavy atom. The van der Waals surface area contributed by atoms with Crippen molar-refractivity contribution in [3.63, 3.8) is 0 Å². The lowest BCUT2D eigenvalue weighted by Crippen LogP contribution is -2.50. The summed E-state index contributed by atoms with van der Waals surface area (Å²) in [6.07, 6.45) is 3.11. The van der Waals surface area contributed by atoms with Gasteiger partial charge in [-0.2, -0.15) is 5.10 Å². The SMILES string of the molecule is CCOC(=O)c1cn(Cc2ccc(Cn3ccccc3=O)cc2)nc1C1CN(C(=O)OC(C)(C)C)C1. The number of likely N-dealkylation sites (tertiary alicyclic amines) is 1. The quantitative estimate of drug-likeness (QED) is 0.467. The van der Waals surface area contributed by atoms with Gasteiger partial charge in [0, 0.05) is 37.5 Å². The Bertz CT molecular complexity index is 1280. The van der Waals surface area contributed by atoms with Crippen LogP contribution in [0.5, 0.6) is 0 Å². The van der Waals surface area contributed by atoms with E-state index in [4.69, 9.17) is 14.6 Å². The molecule has 36 heavy (non-hydrogen) atoms. The van der Waals surface area contributed by atoms with Crippen molar-refractivity contribution in [3.8, 4) is 0 Å². The molecular formula is C27H32N4O5. The number of carbonyl (C=O) groups excluding carboxylic acids is 2. The number of nitrogens with zero attached hydrogens (tertiary/aromatic N) is 4.